The third-order valence-corrected chi connectivity index (χ3v) is 6.09. The van der Waals surface area contributed by atoms with Crippen molar-refractivity contribution in [2.45, 2.75) is 148 Å². The Morgan fingerprint density at radius 3 is 1.82 bits per heavy atom. The van der Waals surface area contributed by atoms with Crippen LogP contribution < -0.4 is 0 Å². The monoisotopic (exact) mass is 468 g/mol. The summed E-state index contributed by atoms with van der Waals surface area (Å²) in [7, 11) is 0. The SMILES string of the molecule is CCCC/C=C\CCCCCCCCOCC(CO)OC(=O)CCCCCCCCCCC. The zero-order valence-corrected chi connectivity index (χ0v) is 22.2. The lowest BCUT2D eigenvalue weighted by atomic mass is 10.1. The molecule has 0 aromatic carbocycles. The minimum atomic E-state index is -0.526. The summed E-state index contributed by atoms with van der Waals surface area (Å²) in [6.45, 7) is 5.27. The molecule has 0 aliphatic carbocycles. The first kappa shape index (κ1) is 32.1. The zero-order chi connectivity index (χ0) is 24.2. The van der Waals surface area contributed by atoms with Gasteiger partial charge >= 0.3 is 5.97 Å². The molecular weight excluding hydrogens is 412 g/mol. The zero-order valence-electron chi connectivity index (χ0n) is 22.2. The lowest BCUT2D eigenvalue weighted by molar-refractivity contribution is -0.154. The van der Waals surface area contributed by atoms with Crippen LogP contribution in [0.25, 0.3) is 0 Å². The van der Waals surface area contributed by atoms with Gasteiger partial charge in [-0.15, -0.1) is 0 Å². The number of esters is 1. The molecule has 196 valence electrons. The standard InChI is InChI=1S/C29H56O4/c1-3-5-7-9-11-13-14-15-17-19-21-23-25-32-27-28(26-30)33-29(31)24-22-20-18-16-12-10-8-6-4-2/h9,11,28,30H,3-8,10,12-27H2,1-2H3/b11-9-. The topological polar surface area (TPSA) is 55.8 Å². The molecule has 0 rings (SSSR count). The van der Waals surface area contributed by atoms with Crippen LogP contribution in [0.5, 0.6) is 0 Å². The van der Waals surface area contributed by atoms with E-state index in [-0.39, 0.29) is 12.6 Å². The van der Waals surface area contributed by atoms with Gasteiger partial charge in [0.15, 0.2) is 0 Å². The molecule has 1 atom stereocenters. The number of unbranched alkanes of at least 4 members (excludes halogenated alkanes) is 16. The van der Waals surface area contributed by atoms with Gasteiger partial charge in [0.1, 0.15) is 6.10 Å². The highest BCUT2D eigenvalue weighted by Gasteiger charge is 2.13. The fraction of sp³-hybridized carbons (Fsp3) is 0.897. The van der Waals surface area contributed by atoms with Gasteiger partial charge in [0, 0.05) is 13.0 Å². The molecule has 0 fully saturated rings. The van der Waals surface area contributed by atoms with Crippen molar-refractivity contribution in [3.63, 3.8) is 0 Å². The van der Waals surface area contributed by atoms with E-state index in [4.69, 9.17) is 9.47 Å². The number of hydrogen-bond donors (Lipinski definition) is 1. The lowest BCUT2D eigenvalue weighted by Crippen LogP contribution is -2.27. The van der Waals surface area contributed by atoms with Gasteiger partial charge in [-0.2, -0.15) is 0 Å². The largest absolute Gasteiger partial charge is 0.457 e. The van der Waals surface area contributed by atoms with E-state index in [1.54, 1.807) is 0 Å². The van der Waals surface area contributed by atoms with E-state index in [0.717, 1.165) is 19.3 Å². The Morgan fingerprint density at radius 1 is 0.697 bits per heavy atom. The highest BCUT2D eigenvalue weighted by molar-refractivity contribution is 5.69. The average Bonchev–Trinajstić information content (AvgIpc) is 2.82. The van der Waals surface area contributed by atoms with E-state index in [2.05, 4.69) is 26.0 Å². The molecule has 4 heteroatoms. The van der Waals surface area contributed by atoms with Crippen LogP contribution in [0.15, 0.2) is 12.2 Å². The van der Waals surface area contributed by atoms with Crippen molar-refractivity contribution in [3.8, 4) is 0 Å². The second kappa shape index (κ2) is 27.4. The van der Waals surface area contributed by atoms with Gasteiger partial charge < -0.3 is 14.6 Å². The van der Waals surface area contributed by atoms with Crippen molar-refractivity contribution >= 4 is 5.97 Å². The first-order valence-corrected chi connectivity index (χ1v) is 14.3. The number of rotatable bonds is 26. The van der Waals surface area contributed by atoms with Crippen LogP contribution in [0.3, 0.4) is 0 Å². The highest BCUT2D eigenvalue weighted by atomic mass is 16.6. The molecule has 1 N–H and O–H groups in total. The number of ether oxygens (including phenoxy) is 2. The van der Waals surface area contributed by atoms with E-state index in [0.29, 0.717) is 19.6 Å². The number of hydrogen-bond acceptors (Lipinski definition) is 4. The Morgan fingerprint density at radius 2 is 1.21 bits per heavy atom. The Labute approximate surface area is 205 Å². The maximum absolute atomic E-state index is 12.0. The van der Waals surface area contributed by atoms with Gasteiger partial charge in [0.25, 0.3) is 0 Å². The van der Waals surface area contributed by atoms with Crippen LogP contribution in [0.1, 0.15) is 142 Å². The predicted octanol–water partition coefficient (Wildman–Crippen LogP) is 8.31. The van der Waals surface area contributed by atoms with Crippen molar-refractivity contribution in [1.29, 1.82) is 0 Å². The highest BCUT2D eigenvalue weighted by Crippen LogP contribution is 2.12. The molecule has 0 aromatic heterocycles. The molecule has 1 unspecified atom stereocenters. The third-order valence-electron chi connectivity index (χ3n) is 6.09. The maximum atomic E-state index is 12.0. The molecule has 0 saturated carbocycles. The molecule has 0 amide bonds. The second-order valence-corrected chi connectivity index (χ2v) is 9.47. The molecule has 0 aliphatic rings. The van der Waals surface area contributed by atoms with Crippen molar-refractivity contribution in [2.24, 2.45) is 0 Å². The third kappa shape index (κ3) is 25.6. The van der Waals surface area contributed by atoms with E-state index in [9.17, 15) is 9.90 Å². The van der Waals surface area contributed by atoms with Crippen molar-refractivity contribution < 1.29 is 19.4 Å². The molecule has 33 heavy (non-hydrogen) atoms. The van der Waals surface area contributed by atoms with Crippen LogP contribution in [0.2, 0.25) is 0 Å². The van der Waals surface area contributed by atoms with Gasteiger partial charge in [-0.05, 0) is 32.1 Å². The van der Waals surface area contributed by atoms with Gasteiger partial charge in [0.2, 0.25) is 0 Å². The van der Waals surface area contributed by atoms with Crippen molar-refractivity contribution in [3.05, 3.63) is 12.2 Å². The second-order valence-electron chi connectivity index (χ2n) is 9.47. The Kier molecular flexibility index (Phi) is 26.7. The predicted molar refractivity (Wildman–Crippen MR) is 141 cm³/mol. The van der Waals surface area contributed by atoms with E-state index < -0.39 is 6.10 Å². The van der Waals surface area contributed by atoms with Gasteiger partial charge in [0.05, 0.1) is 13.2 Å². The normalized spacial score (nSPS) is 12.5. The quantitative estimate of drug-likeness (QED) is 0.0787. The number of allylic oxidation sites excluding steroid dienone is 2. The number of carbonyl (C=O) groups excluding carboxylic acids is 1. The first-order chi connectivity index (χ1) is 16.2. The van der Waals surface area contributed by atoms with Crippen LogP contribution in [0, 0.1) is 0 Å². The maximum Gasteiger partial charge on any atom is 0.306 e. The molecule has 0 aliphatic heterocycles. The lowest BCUT2D eigenvalue weighted by Gasteiger charge is -2.15. The summed E-state index contributed by atoms with van der Waals surface area (Å²) in [5.74, 6) is -0.208. The Bertz CT molecular complexity index is 422. The Hall–Kier alpha value is -0.870. The van der Waals surface area contributed by atoms with E-state index in [1.165, 1.54) is 103 Å². The average molecular weight is 469 g/mol. The summed E-state index contributed by atoms with van der Waals surface area (Å²) < 4.78 is 11.0. The fourth-order valence-electron chi connectivity index (χ4n) is 3.89. The first-order valence-electron chi connectivity index (χ1n) is 14.3. The minimum absolute atomic E-state index is 0.170. The van der Waals surface area contributed by atoms with Crippen LogP contribution in [-0.2, 0) is 14.3 Å². The molecule has 0 spiro atoms. The minimum Gasteiger partial charge on any atom is -0.457 e. The molecule has 4 nitrogen and oxygen atoms in total. The summed E-state index contributed by atoms with van der Waals surface area (Å²) in [6.07, 6.45) is 28.0. The molecule has 0 radical (unpaired) electrons. The van der Waals surface area contributed by atoms with Gasteiger partial charge in [-0.3, -0.25) is 4.79 Å². The van der Waals surface area contributed by atoms with E-state index >= 15 is 0 Å². The van der Waals surface area contributed by atoms with Crippen LogP contribution in [0.4, 0.5) is 0 Å². The number of aliphatic hydroxyl groups excluding tert-OH is 1. The fourth-order valence-corrected chi connectivity index (χ4v) is 3.89. The summed E-state index contributed by atoms with van der Waals surface area (Å²) >= 11 is 0. The van der Waals surface area contributed by atoms with Crippen molar-refractivity contribution in [1.82, 2.24) is 0 Å². The summed E-state index contributed by atoms with van der Waals surface area (Å²) in [5, 5.41) is 9.45. The molecule has 0 bridgehead atoms. The molecule has 0 heterocycles. The molecular formula is C29H56O4. The summed E-state index contributed by atoms with van der Waals surface area (Å²) in [6, 6.07) is 0. The van der Waals surface area contributed by atoms with Gasteiger partial charge in [-0.25, -0.2) is 0 Å². The summed E-state index contributed by atoms with van der Waals surface area (Å²) in [4.78, 5) is 12.0. The summed E-state index contributed by atoms with van der Waals surface area (Å²) in [5.41, 5.74) is 0. The smallest absolute Gasteiger partial charge is 0.306 e. The van der Waals surface area contributed by atoms with Crippen LogP contribution >= 0.6 is 0 Å². The number of aliphatic hydroxyl groups is 1. The molecule has 0 saturated heterocycles. The van der Waals surface area contributed by atoms with Crippen molar-refractivity contribution in [2.75, 3.05) is 19.8 Å². The number of carbonyl (C=O) groups is 1. The Balaban J connectivity index is 3.46. The van der Waals surface area contributed by atoms with Gasteiger partial charge in [-0.1, -0.05) is 116 Å². The molecule has 0 aromatic rings. The van der Waals surface area contributed by atoms with Crippen LogP contribution in [-0.4, -0.2) is 37.0 Å². The van der Waals surface area contributed by atoms with E-state index in [1.807, 2.05) is 0 Å².